The Morgan fingerprint density at radius 2 is 2.00 bits per heavy atom. The standard InChI is InChI=1S/C18H19N3O/c1-3-14-4-6-15(7-5-14)20-18(22)11-16-12-21-9-8-13(2)10-17(21)19-16/h4-10,12H,3,11H2,1-2H3,(H,20,22). The van der Waals surface area contributed by atoms with Gasteiger partial charge in [-0.2, -0.15) is 0 Å². The van der Waals surface area contributed by atoms with Crippen LogP contribution in [0.3, 0.4) is 0 Å². The van der Waals surface area contributed by atoms with Crippen LogP contribution in [0.25, 0.3) is 5.65 Å². The minimum absolute atomic E-state index is 0.0515. The highest BCUT2D eigenvalue weighted by Crippen LogP contribution is 2.12. The monoisotopic (exact) mass is 293 g/mol. The Morgan fingerprint density at radius 1 is 1.23 bits per heavy atom. The number of pyridine rings is 1. The number of nitrogens with one attached hydrogen (secondary N) is 1. The number of hydrogen-bond acceptors (Lipinski definition) is 2. The van der Waals surface area contributed by atoms with Gasteiger partial charge in [0.05, 0.1) is 12.1 Å². The van der Waals surface area contributed by atoms with Crippen molar-refractivity contribution in [3.8, 4) is 0 Å². The summed E-state index contributed by atoms with van der Waals surface area (Å²) in [6, 6.07) is 12.0. The van der Waals surface area contributed by atoms with Crippen molar-refractivity contribution in [2.75, 3.05) is 5.32 Å². The van der Waals surface area contributed by atoms with Crippen LogP contribution >= 0.6 is 0 Å². The minimum Gasteiger partial charge on any atom is -0.326 e. The molecule has 1 amide bonds. The van der Waals surface area contributed by atoms with Gasteiger partial charge in [0.2, 0.25) is 5.91 Å². The van der Waals surface area contributed by atoms with Crippen LogP contribution in [-0.2, 0) is 17.6 Å². The number of hydrogen-bond donors (Lipinski definition) is 1. The van der Waals surface area contributed by atoms with Gasteiger partial charge < -0.3 is 9.72 Å². The summed E-state index contributed by atoms with van der Waals surface area (Å²) in [5.74, 6) is -0.0515. The molecular weight excluding hydrogens is 274 g/mol. The van der Waals surface area contributed by atoms with Gasteiger partial charge in [0.15, 0.2) is 0 Å². The van der Waals surface area contributed by atoms with Gasteiger partial charge in [0.25, 0.3) is 0 Å². The maximum Gasteiger partial charge on any atom is 0.230 e. The van der Waals surface area contributed by atoms with Crippen molar-refractivity contribution in [2.24, 2.45) is 0 Å². The second-order valence-electron chi connectivity index (χ2n) is 5.48. The predicted octanol–water partition coefficient (Wildman–Crippen LogP) is 3.39. The van der Waals surface area contributed by atoms with Crippen LogP contribution in [0.15, 0.2) is 48.8 Å². The number of nitrogens with zero attached hydrogens (tertiary/aromatic N) is 2. The molecule has 0 unspecified atom stereocenters. The maximum atomic E-state index is 12.1. The SMILES string of the molecule is CCc1ccc(NC(=O)Cc2cn3ccc(C)cc3n2)cc1. The van der Waals surface area contributed by atoms with E-state index in [1.165, 1.54) is 5.56 Å². The van der Waals surface area contributed by atoms with Gasteiger partial charge in [-0.1, -0.05) is 19.1 Å². The fraction of sp³-hybridized carbons (Fsp3) is 0.222. The summed E-state index contributed by atoms with van der Waals surface area (Å²) >= 11 is 0. The summed E-state index contributed by atoms with van der Waals surface area (Å²) in [4.78, 5) is 16.6. The van der Waals surface area contributed by atoms with Gasteiger partial charge >= 0.3 is 0 Å². The van der Waals surface area contributed by atoms with E-state index < -0.39 is 0 Å². The molecule has 0 bridgehead atoms. The number of imidazole rings is 1. The average molecular weight is 293 g/mol. The minimum atomic E-state index is -0.0515. The number of aryl methyl sites for hydroxylation is 2. The summed E-state index contributed by atoms with van der Waals surface area (Å²) in [7, 11) is 0. The lowest BCUT2D eigenvalue weighted by molar-refractivity contribution is -0.115. The molecule has 2 aromatic heterocycles. The van der Waals surface area contributed by atoms with Crippen LogP contribution in [0, 0.1) is 6.92 Å². The van der Waals surface area contributed by atoms with Gasteiger partial charge in [0.1, 0.15) is 5.65 Å². The highest BCUT2D eigenvalue weighted by atomic mass is 16.1. The highest BCUT2D eigenvalue weighted by molar-refractivity contribution is 5.92. The third-order valence-corrected chi connectivity index (χ3v) is 3.65. The molecule has 2 heterocycles. The number of carbonyl (C=O) groups excluding carboxylic acids is 1. The maximum absolute atomic E-state index is 12.1. The lowest BCUT2D eigenvalue weighted by Gasteiger charge is -2.04. The smallest absolute Gasteiger partial charge is 0.230 e. The summed E-state index contributed by atoms with van der Waals surface area (Å²) in [5, 5.41) is 2.91. The van der Waals surface area contributed by atoms with Crippen molar-refractivity contribution >= 4 is 17.2 Å². The highest BCUT2D eigenvalue weighted by Gasteiger charge is 2.08. The third kappa shape index (κ3) is 3.17. The van der Waals surface area contributed by atoms with Gasteiger partial charge in [-0.05, 0) is 48.7 Å². The second kappa shape index (κ2) is 6.02. The number of fused-ring (bicyclic) bond motifs is 1. The molecule has 1 aromatic carbocycles. The van der Waals surface area contributed by atoms with Crippen LogP contribution in [0.1, 0.15) is 23.7 Å². The Balaban J connectivity index is 1.69. The molecule has 112 valence electrons. The van der Waals surface area contributed by atoms with E-state index in [9.17, 15) is 4.79 Å². The Bertz CT molecular complexity index is 803. The molecule has 0 aliphatic rings. The zero-order chi connectivity index (χ0) is 15.5. The molecule has 0 saturated heterocycles. The first-order chi connectivity index (χ1) is 10.6. The average Bonchev–Trinajstić information content (AvgIpc) is 2.89. The van der Waals surface area contributed by atoms with Gasteiger partial charge in [-0.15, -0.1) is 0 Å². The predicted molar refractivity (Wildman–Crippen MR) is 88.1 cm³/mol. The molecule has 0 saturated carbocycles. The van der Waals surface area contributed by atoms with Crippen LogP contribution in [0.4, 0.5) is 5.69 Å². The Kier molecular flexibility index (Phi) is 3.92. The molecule has 3 aromatic rings. The first-order valence-corrected chi connectivity index (χ1v) is 7.47. The van der Waals surface area contributed by atoms with Crippen molar-refractivity contribution in [3.63, 3.8) is 0 Å². The molecule has 0 radical (unpaired) electrons. The summed E-state index contributed by atoms with van der Waals surface area (Å²) in [5.41, 5.74) is 4.88. The molecule has 0 spiro atoms. The number of benzene rings is 1. The molecule has 0 aliphatic carbocycles. The first kappa shape index (κ1) is 14.3. The first-order valence-electron chi connectivity index (χ1n) is 7.47. The van der Waals surface area contributed by atoms with Crippen molar-refractivity contribution < 1.29 is 4.79 Å². The van der Waals surface area contributed by atoms with Crippen molar-refractivity contribution in [1.29, 1.82) is 0 Å². The zero-order valence-electron chi connectivity index (χ0n) is 12.8. The van der Waals surface area contributed by atoms with Crippen LogP contribution < -0.4 is 5.32 Å². The van der Waals surface area contributed by atoms with Crippen molar-refractivity contribution in [1.82, 2.24) is 9.38 Å². The molecule has 1 N–H and O–H groups in total. The van der Waals surface area contributed by atoms with E-state index in [0.717, 1.165) is 29.0 Å². The largest absolute Gasteiger partial charge is 0.326 e. The van der Waals surface area contributed by atoms with Gasteiger partial charge in [0, 0.05) is 18.1 Å². The zero-order valence-corrected chi connectivity index (χ0v) is 12.8. The molecule has 3 rings (SSSR count). The van der Waals surface area contributed by atoms with E-state index in [2.05, 4.69) is 17.2 Å². The van der Waals surface area contributed by atoms with E-state index in [1.807, 2.05) is 60.1 Å². The summed E-state index contributed by atoms with van der Waals surface area (Å²) in [6.45, 7) is 4.14. The molecule has 0 fully saturated rings. The molecular formula is C18H19N3O. The van der Waals surface area contributed by atoms with Crippen LogP contribution in [0.5, 0.6) is 0 Å². The third-order valence-electron chi connectivity index (χ3n) is 3.65. The van der Waals surface area contributed by atoms with E-state index in [1.54, 1.807) is 0 Å². The number of amides is 1. The summed E-state index contributed by atoms with van der Waals surface area (Å²) < 4.78 is 1.94. The number of anilines is 1. The number of carbonyl (C=O) groups is 1. The fourth-order valence-electron chi connectivity index (χ4n) is 2.41. The van der Waals surface area contributed by atoms with E-state index in [0.29, 0.717) is 0 Å². The summed E-state index contributed by atoms with van der Waals surface area (Å²) in [6.07, 6.45) is 5.13. The van der Waals surface area contributed by atoms with E-state index in [4.69, 9.17) is 0 Å². The molecule has 4 heteroatoms. The second-order valence-corrected chi connectivity index (χ2v) is 5.48. The lowest BCUT2D eigenvalue weighted by Crippen LogP contribution is -2.14. The van der Waals surface area contributed by atoms with Crippen LogP contribution in [0.2, 0.25) is 0 Å². The molecule has 4 nitrogen and oxygen atoms in total. The fourth-order valence-corrected chi connectivity index (χ4v) is 2.41. The number of aromatic nitrogens is 2. The lowest BCUT2D eigenvalue weighted by atomic mass is 10.1. The Morgan fingerprint density at radius 3 is 2.73 bits per heavy atom. The Hall–Kier alpha value is -2.62. The molecule has 22 heavy (non-hydrogen) atoms. The Labute approximate surface area is 129 Å². The molecule has 0 atom stereocenters. The van der Waals surface area contributed by atoms with Gasteiger partial charge in [-0.3, -0.25) is 4.79 Å². The normalized spacial score (nSPS) is 10.8. The van der Waals surface area contributed by atoms with E-state index in [-0.39, 0.29) is 12.3 Å². The van der Waals surface area contributed by atoms with Gasteiger partial charge in [-0.25, -0.2) is 4.98 Å². The topological polar surface area (TPSA) is 46.4 Å². The molecule has 0 aliphatic heterocycles. The van der Waals surface area contributed by atoms with Crippen LogP contribution in [-0.4, -0.2) is 15.3 Å². The quantitative estimate of drug-likeness (QED) is 0.801. The number of rotatable bonds is 4. The van der Waals surface area contributed by atoms with Crippen molar-refractivity contribution in [3.05, 3.63) is 65.6 Å². The van der Waals surface area contributed by atoms with Crippen molar-refractivity contribution in [2.45, 2.75) is 26.7 Å². The van der Waals surface area contributed by atoms with E-state index >= 15 is 0 Å².